The summed E-state index contributed by atoms with van der Waals surface area (Å²) in [5.41, 5.74) is 3.87. The Kier molecular flexibility index (Phi) is 4.57. The van der Waals surface area contributed by atoms with E-state index >= 15 is 0 Å². The number of primary amides is 1. The Morgan fingerprint density at radius 2 is 2.08 bits per heavy atom. The van der Waals surface area contributed by atoms with E-state index in [1.165, 1.54) is 18.2 Å². The van der Waals surface area contributed by atoms with E-state index in [1.807, 2.05) is 0 Å². The van der Waals surface area contributed by atoms with Gasteiger partial charge in [0.2, 0.25) is 0 Å². The first-order valence-electron chi connectivity index (χ1n) is 7.35. The van der Waals surface area contributed by atoms with Crippen LogP contribution in [-0.2, 0) is 0 Å². The number of carbonyl (C=O) groups is 1. The fourth-order valence-electron chi connectivity index (χ4n) is 2.35. The molecule has 8 nitrogen and oxygen atoms in total. The van der Waals surface area contributed by atoms with Gasteiger partial charge < -0.3 is 19.9 Å². The van der Waals surface area contributed by atoms with E-state index in [-0.39, 0.29) is 30.4 Å². The van der Waals surface area contributed by atoms with Crippen LogP contribution < -0.4 is 19.9 Å². The molecule has 0 bridgehead atoms. The standard InChI is InChI=1S/C16H12F2N2O6/c17-10-2-4-12(15(18)14(10)16(19)21)25-7-9-6-24-11-3-1-8(20(22)23)5-13(11)26-9/h1-5,9H,6-7H2,(H2,19,21). The molecule has 1 atom stereocenters. The zero-order valence-electron chi connectivity index (χ0n) is 13.1. The molecule has 0 fully saturated rings. The maximum absolute atomic E-state index is 14.1. The Morgan fingerprint density at radius 3 is 2.77 bits per heavy atom. The summed E-state index contributed by atoms with van der Waals surface area (Å²) in [5, 5.41) is 10.8. The molecule has 1 amide bonds. The molecule has 0 aliphatic carbocycles. The summed E-state index contributed by atoms with van der Waals surface area (Å²) in [5.74, 6) is -3.48. The molecule has 1 heterocycles. The lowest BCUT2D eigenvalue weighted by atomic mass is 10.1. The summed E-state index contributed by atoms with van der Waals surface area (Å²) in [6, 6.07) is 5.75. The lowest BCUT2D eigenvalue weighted by Crippen LogP contribution is -2.34. The maximum Gasteiger partial charge on any atom is 0.273 e. The summed E-state index contributed by atoms with van der Waals surface area (Å²) in [6.07, 6.45) is -0.703. The molecule has 0 spiro atoms. The van der Waals surface area contributed by atoms with Crippen LogP contribution in [0.4, 0.5) is 14.5 Å². The van der Waals surface area contributed by atoms with Gasteiger partial charge in [-0.2, -0.15) is 0 Å². The first kappa shape index (κ1) is 17.4. The van der Waals surface area contributed by atoms with Crippen LogP contribution in [0, 0.1) is 21.7 Å². The molecular weight excluding hydrogens is 354 g/mol. The number of amides is 1. The molecule has 1 unspecified atom stereocenters. The number of nitro benzene ring substituents is 1. The fraction of sp³-hybridized carbons (Fsp3) is 0.188. The minimum atomic E-state index is -1.26. The molecule has 0 saturated heterocycles. The third-order valence-corrected chi connectivity index (χ3v) is 3.58. The van der Waals surface area contributed by atoms with Gasteiger partial charge in [0.15, 0.2) is 29.2 Å². The first-order chi connectivity index (χ1) is 12.4. The van der Waals surface area contributed by atoms with Crippen molar-refractivity contribution in [2.24, 2.45) is 5.73 Å². The number of nitro groups is 1. The lowest BCUT2D eigenvalue weighted by molar-refractivity contribution is -0.385. The van der Waals surface area contributed by atoms with E-state index in [9.17, 15) is 23.7 Å². The molecule has 2 N–H and O–H groups in total. The quantitative estimate of drug-likeness (QED) is 0.641. The van der Waals surface area contributed by atoms with Crippen LogP contribution in [0.3, 0.4) is 0 Å². The molecule has 0 saturated carbocycles. The highest BCUT2D eigenvalue weighted by Crippen LogP contribution is 2.35. The molecule has 1 aliphatic rings. The highest BCUT2D eigenvalue weighted by atomic mass is 19.1. The second kappa shape index (κ2) is 6.82. The Balaban J connectivity index is 1.72. The van der Waals surface area contributed by atoms with E-state index < -0.39 is 34.1 Å². The number of carbonyl (C=O) groups excluding carboxylic acids is 1. The van der Waals surface area contributed by atoms with Gasteiger partial charge in [-0.05, 0) is 18.2 Å². The number of hydrogen-bond acceptors (Lipinski definition) is 6. The molecule has 0 radical (unpaired) electrons. The minimum absolute atomic E-state index is 0.0519. The number of rotatable bonds is 5. The lowest BCUT2D eigenvalue weighted by Gasteiger charge is -2.26. The van der Waals surface area contributed by atoms with Crippen molar-refractivity contribution in [3.05, 3.63) is 57.6 Å². The number of non-ortho nitro benzene ring substituents is 1. The van der Waals surface area contributed by atoms with Crippen molar-refractivity contribution >= 4 is 11.6 Å². The fourth-order valence-corrected chi connectivity index (χ4v) is 2.35. The van der Waals surface area contributed by atoms with Gasteiger partial charge in [-0.25, -0.2) is 8.78 Å². The minimum Gasteiger partial charge on any atom is -0.486 e. The van der Waals surface area contributed by atoms with Crippen LogP contribution in [0.1, 0.15) is 10.4 Å². The highest BCUT2D eigenvalue weighted by molar-refractivity contribution is 5.93. The van der Waals surface area contributed by atoms with E-state index in [0.29, 0.717) is 5.75 Å². The molecule has 136 valence electrons. The van der Waals surface area contributed by atoms with Crippen molar-refractivity contribution in [1.82, 2.24) is 0 Å². The smallest absolute Gasteiger partial charge is 0.273 e. The van der Waals surface area contributed by atoms with Gasteiger partial charge in [0.1, 0.15) is 24.6 Å². The molecule has 0 aromatic heterocycles. The summed E-state index contributed by atoms with van der Waals surface area (Å²) >= 11 is 0. The van der Waals surface area contributed by atoms with Gasteiger partial charge in [-0.1, -0.05) is 0 Å². The third-order valence-electron chi connectivity index (χ3n) is 3.58. The van der Waals surface area contributed by atoms with Crippen LogP contribution in [0.2, 0.25) is 0 Å². The number of ether oxygens (including phenoxy) is 3. The van der Waals surface area contributed by atoms with Crippen molar-refractivity contribution in [2.45, 2.75) is 6.10 Å². The maximum atomic E-state index is 14.1. The number of benzene rings is 2. The number of nitrogens with two attached hydrogens (primary N) is 1. The predicted octanol–water partition coefficient (Wildman–Crippen LogP) is 2.19. The number of nitrogens with zero attached hydrogens (tertiary/aromatic N) is 1. The topological polar surface area (TPSA) is 114 Å². The Hall–Kier alpha value is -3.43. The largest absolute Gasteiger partial charge is 0.486 e. The number of hydrogen-bond donors (Lipinski definition) is 1. The first-order valence-corrected chi connectivity index (χ1v) is 7.35. The van der Waals surface area contributed by atoms with E-state index in [4.69, 9.17) is 19.9 Å². The van der Waals surface area contributed by atoms with Gasteiger partial charge in [-0.3, -0.25) is 14.9 Å². The summed E-state index contributed by atoms with van der Waals surface area (Å²) in [4.78, 5) is 21.3. The molecule has 10 heteroatoms. The van der Waals surface area contributed by atoms with E-state index in [1.54, 1.807) is 0 Å². The van der Waals surface area contributed by atoms with Crippen LogP contribution in [0.5, 0.6) is 17.2 Å². The highest BCUT2D eigenvalue weighted by Gasteiger charge is 2.25. The van der Waals surface area contributed by atoms with Gasteiger partial charge in [0, 0.05) is 6.07 Å². The van der Waals surface area contributed by atoms with Crippen LogP contribution in [-0.4, -0.2) is 30.1 Å². The van der Waals surface area contributed by atoms with Crippen molar-refractivity contribution in [3.63, 3.8) is 0 Å². The van der Waals surface area contributed by atoms with Crippen molar-refractivity contribution in [2.75, 3.05) is 13.2 Å². The van der Waals surface area contributed by atoms with Crippen LogP contribution >= 0.6 is 0 Å². The Morgan fingerprint density at radius 1 is 1.31 bits per heavy atom. The predicted molar refractivity (Wildman–Crippen MR) is 83.4 cm³/mol. The van der Waals surface area contributed by atoms with Gasteiger partial charge >= 0.3 is 0 Å². The summed E-state index contributed by atoms with van der Waals surface area (Å²) in [7, 11) is 0. The molecule has 2 aromatic rings. The van der Waals surface area contributed by atoms with Gasteiger partial charge in [0.25, 0.3) is 11.6 Å². The van der Waals surface area contributed by atoms with Gasteiger partial charge in [-0.15, -0.1) is 0 Å². The third kappa shape index (κ3) is 3.34. The summed E-state index contributed by atoms with van der Waals surface area (Å²) in [6.45, 7) is -0.154. The molecule has 1 aliphatic heterocycles. The monoisotopic (exact) mass is 366 g/mol. The Bertz CT molecular complexity index is 889. The summed E-state index contributed by atoms with van der Waals surface area (Å²) < 4.78 is 43.7. The molecule has 2 aromatic carbocycles. The molecular formula is C16H12F2N2O6. The van der Waals surface area contributed by atoms with Crippen molar-refractivity contribution < 1.29 is 32.7 Å². The van der Waals surface area contributed by atoms with Crippen LogP contribution in [0.15, 0.2) is 30.3 Å². The van der Waals surface area contributed by atoms with Gasteiger partial charge in [0.05, 0.1) is 11.0 Å². The van der Waals surface area contributed by atoms with Crippen molar-refractivity contribution in [3.8, 4) is 17.2 Å². The second-order valence-corrected chi connectivity index (χ2v) is 5.35. The average molecular weight is 366 g/mol. The van der Waals surface area contributed by atoms with E-state index in [0.717, 1.165) is 12.1 Å². The molecule has 26 heavy (non-hydrogen) atoms. The Labute approximate surface area is 145 Å². The van der Waals surface area contributed by atoms with Crippen LogP contribution in [0.25, 0.3) is 0 Å². The second-order valence-electron chi connectivity index (χ2n) is 5.35. The SMILES string of the molecule is NC(=O)c1c(F)ccc(OCC2COc3ccc([N+](=O)[O-])cc3O2)c1F. The zero-order chi connectivity index (χ0) is 18.8. The zero-order valence-corrected chi connectivity index (χ0v) is 13.1. The molecule has 3 rings (SSSR count). The average Bonchev–Trinajstić information content (AvgIpc) is 2.60. The van der Waals surface area contributed by atoms with E-state index in [2.05, 4.69) is 0 Å². The normalized spacial score (nSPS) is 15.4. The van der Waals surface area contributed by atoms with Crippen molar-refractivity contribution in [1.29, 1.82) is 0 Å². The number of fused-ring (bicyclic) bond motifs is 1. The number of halogens is 2.